The zero-order valence-electron chi connectivity index (χ0n) is 20.6. The van der Waals surface area contributed by atoms with Gasteiger partial charge in [-0.3, -0.25) is 0 Å². The van der Waals surface area contributed by atoms with E-state index in [2.05, 4.69) is 121 Å². The maximum atomic E-state index is 6.42. The Morgan fingerprint density at radius 1 is 0.474 bits per heavy atom. The van der Waals surface area contributed by atoms with Gasteiger partial charge in [-0.2, -0.15) is 0 Å². The van der Waals surface area contributed by atoms with Crippen molar-refractivity contribution in [3.8, 4) is 22.3 Å². The molecule has 0 atom stereocenters. The maximum Gasteiger partial charge on any atom is 0.115 e. The minimum absolute atomic E-state index is 0.844. The molecule has 0 aliphatic rings. The Bertz CT molecular complexity index is 2150. The highest BCUT2D eigenvalue weighted by Gasteiger charge is 2.19. The minimum atomic E-state index is 0.844. The second-order valence-electron chi connectivity index (χ2n) is 9.91. The molecule has 0 saturated heterocycles. The van der Waals surface area contributed by atoms with Crippen LogP contribution in [0.5, 0.6) is 0 Å². The van der Waals surface area contributed by atoms with E-state index in [0.717, 1.165) is 10.2 Å². The van der Waals surface area contributed by atoms with E-state index in [1.807, 2.05) is 6.07 Å². The van der Waals surface area contributed by atoms with Crippen molar-refractivity contribution in [2.45, 2.75) is 0 Å². The van der Waals surface area contributed by atoms with Crippen LogP contribution in [0.3, 0.4) is 0 Å². The molecule has 0 spiro atoms. The first-order valence-electron chi connectivity index (χ1n) is 12.9. The van der Waals surface area contributed by atoms with E-state index in [1.54, 1.807) is 11.3 Å². The van der Waals surface area contributed by atoms with Gasteiger partial charge in [0.2, 0.25) is 0 Å². The van der Waals surface area contributed by atoms with E-state index in [-0.39, 0.29) is 0 Å². The molecule has 0 saturated carbocycles. The Labute approximate surface area is 226 Å². The van der Waals surface area contributed by atoms with Gasteiger partial charge in [0.1, 0.15) is 7.85 Å². The van der Waals surface area contributed by atoms with E-state index in [9.17, 15) is 0 Å². The molecule has 0 nitrogen and oxygen atoms in total. The molecule has 0 bridgehead atoms. The van der Waals surface area contributed by atoms with E-state index in [4.69, 9.17) is 7.85 Å². The smallest absolute Gasteiger partial charge is 0.115 e. The van der Waals surface area contributed by atoms with E-state index < -0.39 is 0 Å². The van der Waals surface area contributed by atoms with Crippen molar-refractivity contribution in [2.24, 2.45) is 0 Å². The summed E-state index contributed by atoms with van der Waals surface area (Å²) in [6.07, 6.45) is 0. The zero-order chi connectivity index (χ0) is 25.2. The summed E-state index contributed by atoms with van der Waals surface area (Å²) in [5, 5.41) is 10.1. The number of rotatable bonds is 2. The summed E-state index contributed by atoms with van der Waals surface area (Å²) in [4.78, 5) is 0. The summed E-state index contributed by atoms with van der Waals surface area (Å²) >= 11 is 1.78. The summed E-state index contributed by atoms with van der Waals surface area (Å²) in [6, 6.07) is 46.2. The van der Waals surface area contributed by atoms with Crippen LogP contribution in [0.4, 0.5) is 0 Å². The fourth-order valence-corrected chi connectivity index (χ4v) is 7.31. The number of hydrogen-bond acceptors (Lipinski definition) is 1. The standard InChI is InChI=1S/C36H21BS/c37-31-17-7-16-30-35-29(15-8-18-32(35)38-36(30)31)34-27-13-5-3-11-25(27)33(26-12-4-6-14-28(26)34)24-20-19-22-9-1-2-10-23(22)21-24/h1-21H. The first kappa shape index (κ1) is 21.7. The van der Waals surface area contributed by atoms with Crippen molar-refractivity contribution in [1.82, 2.24) is 0 Å². The molecule has 0 aliphatic carbocycles. The van der Waals surface area contributed by atoms with Gasteiger partial charge < -0.3 is 0 Å². The molecule has 0 N–H and O–H groups in total. The SMILES string of the molecule is [B]c1cccc2c1sc1cccc(-c3c4ccccc4c(-c4ccc5ccccc5c4)c4ccccc34)c12. The molecule has 1 heterocycles. The Balaban J connectivity index is 1.54. The molecule has 2 radical (unpaired) electrons. The fourth-order valence-electron chi connectivity index (χ4n) is 6.15. The van der Waals surface area contributed by atoms with Crippen molar-refractivity contribution in [3.05, 3.63) is 127 Å². The topological polar surface area (TPSA) is 0 Å². The highest BCUT2D eigenvalue weighted by Crippen LogP contribution is 2.47. The van der Waals surface area contributed by atoms with Gasteiger partial charge in [-0.1, -0.05) is 121 Å². The number of benzene rings is 7. The second-order valence-corrected chi connectivity index (χ2v) is 11.0. The molecular formula is C36H21BS. The second kappa shape index (κ2) is 8.31. The van der Waals surface area contributed by atoms with Crippen LogP contribution in [0, 0.1) is 0 Å². The lowest BCUT2D eigenvalue weighted by Gasteiger charge is -2.18. The van der Waals surface area contributed by atoms with Gasteiger partial charge >= 0.3 is 0 Å². The first-order valence-corrected chi connectivity index (χ1v) is 13.7. The molecule has 0 amide bonds. The maximum absolute atomic E-state index is 6.42. The lowest BCUT2D eigenvalue weighted by Crippen LogP contribution is -1.99. The van der Waals surface area contributed by atoms with Gasteiger partial charge in [-0.15, -0.1) is 11.3 Å². The number of fused-ring (bicyclic) bond motifs is 6. The van der Waals surface area contributed by atoms with Gasteiger partial charge in [-0.05, 0) is 66.7 Å². The number of thiophene rings is 1. The molecule has 8 rings (SSSR count). The summed E-state index contributed by atoms with van der Waals surface area (Å²) < 4.78 is 2.43. The Morgan fingerprint density at radius 3 is 1.82 bits per heavy atom. The first-order chi connectivity index (χ1) is 18.8. The summed E-state index contributed by atoms with van der Waals surface area (Å²) in [5.41, 5.74) is 5.92. The molecule has 0 fully saturated rings. The lowest BCUT2D eigenvalue weighted by molar-refractivity contribution is 1.69. The third-order valence-corrected chi connectivity index (χ3v) is 9.01. The van der Waals surface area contributed by atoms with Crippen LogP contribution in [0.15, 0.2) is 127 Å². The zero-order valence-corrected chi connectivity index (χ0v) is 21.4. The van der Waals surface area contributed by atoms with Crippen molar-refractivity contribution in [3.63, 3.8) is 0 Å². The minimum Gasteiger partial charge on any atom is -0.136 e. The molecule has 2 heteroatoms. The highest BCUT2D eigenvalue weighted by atomic mass is 32.1. The predicted molar refractivity (Wildman–Crippen MR) is 168 cm³/mol. The monoisotopic (exact) mass is 496 g/mol. The van der Waals surface area contributed by atoms with Gasteiger partial charge in [-0.25, -0.2) is 0 Å². The van der Waals surface area contributed by atoms with Crippen molar-refractivity contribution in [2.75, 3.05) is 0 Å². The average molecular weight is 496 g/mol. The molecule has 1 aromatic heterocycles. The third-order valence-electron chi connectivity index (χ3n) is 7.79. The lowest BCUT2D eigenvalue weighted by atomic mass is 9.84. The van der Waals surface area contributed by atoms with Crippen LogP contribution in [-0.2, 0) is 0 Å². The van der Waals surface area contributed by atoms with Crippen molar-refractivity contribution >= 4 is 77.1 Å². The molecule has 7 aromatic carbocycles. The van der Waals surface area contributed by atoms with Gasteiger partial charge in [0.25, 0.3) is 0 Å². The fraction of sp³-hybridized carbons (Fsp3) is 0. The van der Waals surface area contributed by atoms with Crippen LogP contribution in [0.2, 0.25) is 0 Å². The van der Waals surface area contributed by atoms with Crippen LogP contribution in [0.25, 0.3) is 74.7 Å². The molecule has 174 valence electrons. The third kappa shape index (κ3) is 3.11. The van der Waals surface area contributed by atoms with E-state index >= 15 is 0 Å². The molecular weight excluding hydrogens is 475 g/mol. The molecule has 38 heavy (non-hydrogen) atoms. The van der Waals surface area contributed by atoms with E-state index in [0.29, 0.717) is 0 Å². The quantitative estimate of drug-likeness (QED) is 0.165. The highest BCUT2D eigenvalue weighted by molar-refractivity contribution is 7.27. The molecule has 0 unspecified atom stereocenters. The van der Waals surface area contributed by atoms with E-state index in [1.165, 1.54) is 70.0 Å². The van der Waals surface area contributed by atoms with Gasteiger partial charge in [0.15, 0.2) is 0 Å². The van der Waals surface area contributed by atoms with Crippen molar-refractivity contribution in [1.29, 1.82) is 0 Å². The van der Waals surface area contributed by atoms with Crippen molar-refractivity contribution < 1.29 is 0 Å². The van der Waals surface area contributed by atoms with Gasteiger partial charge in [0.05, 0.1) is 0 Å². The van der Waals surface area contributed by atoms with Crippen LogP contribution in [0.1, 0.15) is 0 Å². The van der Waals surface area contributed by atoms with Crippen LogP contribution in [-0.4, -0.2) is 7.85 Å². The average Bonchev–Trinajstić information content (AvgIpc) is 3.36. The Morgan fingerprint density at radius 2 is 1.08 bits per heavy atom. The summed E-state index contributed by atoms with van der Waals surface area (Å²) in [7, 11) is 6.42. The Hall–Kier alpha value is -4.40. The normalized spacial score (nSPS) is 11.8. The largest absolute Gasteiger partial charge is 0.136 e. The molecule has 8 aromatic rings. The Kier molecular flexibility index (Phi) is 4.74. The summed E-state index contributed by atoms with van der Waals surface area (Å²) in [6.45, 7) is 0. The summed E-state index contributed by atoms with van der Waals surface area (Å²) in [5.74, 6) is 0. The number of hydrogen-bond donors (Lipinski definition) is 0. The molecule has 0 aliphatic heterocycles. The van der Waals surface area contributed by atoms with Gasteiger partial charge in [0, 0.05) is 20.2 Å². The van der Waals surface area contributed by atoms with Crippen LogP contribution < -0.4 is 5.46 Å². The van der Waals surface area contributed by atoms with Crippen LogP contribution >= 0.6 is 11.3 Å². The predicted octanol–water partition coefficient (Wildman–Crippen LogP) is 9.64.